The van der Waals surface area contributed by atoms with Gasteiger partial charge in [-0.15, -0.1) is 0 Å². The predicted molar refractivity (Wildman–Crippen MR) is 138 cm³/mol. The molecular formula is C26H36N4O4S. The Balaban J connectivity index is 1.77. The van der Waals surface area contributed by atoms with E-state index in [2.05, 4.69) is 12.0 Å². The molecule has 1 aliphatic heterocycles. The number of hydrogen-bond donors (Lipinski definition) is 2. The van der Waals surface area contributed by atoms with Crippen molar-refractivity contribution in [3.05, 3.63) is 53.7 Å². The maximum atomic E-state index is 13.9. The highest BCUT2D eigenvalue weighted by atomic mass is 32.2. The monoisotopic (exact) mass is 500 g/mol. The van der Waals surface area contributed by atoms with E-state index in [0.29, 0.717) is 41.2 Å². The Kier molecular flexibility index (Phi) is 7.80. The molecule has 3 aromatic rings. The molecule has 1 unspecified atom stereocenters. The summed E-state index contributed by atoms with van der Waals surface area (Å²) in [5.41, 5.74) is 8.72. The van der Waals surface area contributed by atoms with Crippen molar-refractivity contribution in [2.45, 2.75) is 57.7 Å². The van der Waals surface area contributed by atoms with E-state index in [1.807, 2.05) is 42.8 Å². The first-order valence-corrected chi connectivity index (χ1v) is 13.8. The number of nitrogens with zero attached hydrogens (tertiary/aromatic N) is 3. The minimum atomic E-state index is -3.92. The van der Waals surface area contributed by atoms with Gasteiger partial charge in [0.05, 0.1) is 22.3 Å². The number of fused-ring (bicyclic) bond motifs is 1. The van der Waals surface area contributed by atoms with E-state index in [0.717, 1.165) is 38.0 Å². The second kappa shape index (κ2) is 10.7. The van der Waals surface area contributed by atoms with Crippen LogP contribution in [0, 0.1) is 11.8 Å². The largest absolute Gasteiger partial charge is 0.381 e. The maximum Gasteiger partial charge on any atom is 0.264 e. The summed E-state index contributed by atoms with van der Waals surface area (Å²) in [5.74, 6) is 0.520. The highest BCUT2D eigenvalue weighted by Crippen LogP contribution is 2.32. The number of ether oxygens (including phenoxy) is 1. The van der Waals surface area contributed by atoms with Crippen LogP contribution in [0.15, 0.2) is 47.5 Å². The van der Waals surface area contributed by atoms with Gasteiger partial charge in [-0.05, 0) is 60.9 Å². The average molecular weight is 501 g/mol. The molecule has 0 amide bonds. The Morgan fingerprint density at radius 3 is 2.49 bits per heavy atom. The minimum Gasteiger partial charge on any atom is -0.381 e. The number of hydrogen-bond acceptors (Lipinski definition) is 6. The molecule has 1 aromatic heterocycles. The summed E-state index contributed by atoms with van der Waals surface area (Å²) >= 11 is 0. The summed E-state index contributed by atoms with van der Waals surface area (Å²) < 4.78 is 36.6. The molecule has 190 valence electrons. The quantitative estimate of drug-likeness (QED) is 0.432. The van der Waals surface area contributed by atoms with Crippen molar-refractivity contribution in [1.82, 2.24) is 9.78 Å². The van der Waals surface area contributed by atoms with Gasteiger partial charge in [-0.2, -0.15) is 5.10 Å². The van der Waals surface area contributed by atoms with E-state index in [9.17, 15) is 13.5 Å². The van der Waals surface area contributed by atoms with Gasteiger partial charge < -0.3 is 15.6 Å². The number of sulfonamides is 1. The zero-order valence-electron chi connectivity index (χ0n) is 20.7. The molecule has 9 heteroatoms. The molecule has 2 heterocycles. The van der Waals surface area contributed by atoms with Gasteiger partial charge in [-0.1, -0.05) is 32.9 Å². The van der Waals surface area contributed by atoms with Crippen LogP contribution in [0.4, 0.5) is 5.69 Å². The Labute approximate surface area is 207 Å². The van der Waals surface area contributed by atoms with E-state index in [1.165, 1.54) is 10.4 Å². The molecule has 1 saturated heterocycles. The van der Waals surface area contributed by atoms with Crippen LogP contribution in [0.5, 0.6) is 0 Å². The van der Waals surface area contributed by atoms with Crippen LogP contribution in [0.3, 0.4) is 0 Å². The molecule has 3 N–H and O–H groups in total. The van der Waals surface area contributed by atoms with E-state index < -0.39 is 16.3 Å². The minimum absolute atomic E-state index is 0.0929. The third-order valence-corrected chi connectivity index (χ3v) is 8.35. The lowest BCUT2D eigenvalue weighted by Crippen LogP contribution is -2.34. The molecule has 0 saturated carbocycles. The first kappa shape index (κ1) is 25.6. The molecule has 2 aromatic carbocycles. The number of benzene rings is 2. The summed E-state index contributed by atoms with van der Waals surface area (Å²) in [5, 5.41) is 15.6. The van der Waals surface area contributed by atoms with Crippen molar-refractivity contribution >= 4 is 26.6 Å². The van der Waals surface area contributed by atoms with Gasteiger partial charge in [0.15, 0.2) is 0 Å². The summed E-state index contributed by atoms with van der Waals surface area (Å²) in [6.45, 7) is 8.49. The fourth-order valence-electron chi connectivity index (χ4n) is 4.62. The number of anilines is 1. The van der Waals surface area contributed by atoms with Crippen molar-refractivity contribution in [3.8, 4) is 0 Å². The number of nitrogens with two attached hydrogens (primary N) is 1. The first-order valence-electron chi connectivity index (χ1n) is 12.3. The first-order chi connectivity index (χ1) is 16.7. The maximum absolute atomic E-state index is 13.9. The van der Waals surface area contributed by atoms with Gasteiger partial charge >= 0.3 is 0 Å². The number of aliphatic hydroxyl groups is 1. The molecule has 35 heavy (non-hydrogen) atoms. The molecule has 0 aliphatic carbocycles. The normalized spacial score (nSPS) is 16.2. The lowest BCUT2D eigenvalue weighted by atomic mass is 10.0. The van der Waals surface area contributed by atoms with Gasteiger partial charge in [-0.3, -0.25) is 8.99 Å². The zero-order valence-corrected chi connectivity index (χ0v) is 21.5. The van der Waals surface area contributed by atoms with Crippen molar-refractivity contribution < 1.29 is 18.3 Å². The lowest BCUT2D eigenvalue weighted by molar-refractivity contribution is 0.0605. The van der Waals surface area contributed by atoms with Crippen LogP contribution in [-0.2, 0) is 27.7 Å². The van der Waals surface area contributed by atoms with Gasteiger partial charge in [0.1, 0.15) is 6.23 Å². The lowest BCUT2D eigenvalue weighted by Gasteiger charge is -2.27. The van der Waals surface area contributed by atoms with Gasteiger partial charge in [0.25, 0.3) is 10.0 Å². The second-order valence-corrected chi connectivity index (χ2v) is 11.6. The van der Waals surface area contributed by atoms with Crippen LogP contribution in [0.2, 0.25) is 0 Å². The number of aromatic nitrogens is 2. The van der Waals surface area contributed by atoms with Crippen LogP contribution in [0.25, 0.3) is 10.9 Å². The van der Waals surface area contributed by atoms with Gasteiger partial charge in [-0.25, -0.2) is 8.42 Å². The van der Waals surface area contributed by atoms with Crippen molar-refractivity contribution in [2.24, 2.45) is 17.6 Å². The second-order valence-electron chi connectivity index (χ2n) is 9.73. The number of aliphatic hydroxyl groups excluding tert-OH is 1. The fourth-order valence-corrected chi connectivity index (χ4v) is 6.32. The summed E-state index contributed by atoms with van der Waals surface area (Å²) in [4.78, 5) is 0.0929. The van der Waals surface area contributed by atoms with Crippen LogP contribution in [0.1, 0.15) is 51.0 Å². The molecule has 1 atom stereocenters. The van der Waals surface area contributed by atoms with E-state index in [-0.39, 0.29) is 10.8 Å². The zero-order chi connectivity index (χ0) is 25.2. The fraction of sp³-hybridized carbons (Fsp3) is 0.500. The molecule has 8 nitrogen and oxygen atoms in total. The molecule has 0 spiro atoms. The molecular weight excluding hydrogens is 464 g/mol. The third-order valence-electron chi connectivity index (χ3n) is 6.58. The smallest absolute Gasteiger partial charge is 0.264 e. The molecule has 0 radical (unpaired) electrons. The van der Waals surface area contributed by atoms with Crippen LogP contribution in [-0.4, -0.2) is 43.1 Å². The number of aryl methyl sites for hydroxylation is 1. The molecule has 0 bridgehead atoms. The third kappa shape index (κ3) is 5.53. The Hall–Kier alpha value is -2.46. The van der Waals surface area contributed by atoms with Crippen LogP contribution < -0.4 is 10.0 Å². The van der Waals surface area contributed by atoms with E-state index in [4.69, 9.17) is 10.5 Å². The van der Waals surface area contributed by atoms with Crippen molar-refractivity contribution in [2.75, 3.05) is 24.1 Å². The van der Waals surface area contributed by atoms with Gasteiger partial charge in [0, 0.05) is 37.3 Å². The average Bonchev–Trinajstić information content (AvgIpc) is 3.25. The predicted octanol–water partition coefficient (Wildman–Crippen LogP) is 3.83. The molecule has 1 fully saturated rings. The Morgan fingerprint density at radius 2 is 1.89 bits per heavy atom. The number of rotatable bonds is 9. The Bertz CT molecular complexity index is 1250. The Morgan fingerprint density at radius 1 is 1.20 bits per heavy atom. The molecule has 1 aliphatic rings. The molecule has 4 rings (SSSR count). The van der Waals surface area contributed by atoms with Crippen molar-refractivity contribution in [1.29, 1.82) is 0 Å². The standard InChI is InChI=1S/C26H36N4O4S/c1-4-19-5-7-22(8-6-19)30(16-18(2)3)35(32,33)23-13-21-15-28-29(17-20-9-11-34-12-10-20)25(21)24(14-23)26(27)31/h5-8,13-15,18,20,26,31H,4,9-12,16-17,27H2,1-3H3. The SMILES string of the molecule is CCc1ccc(N(CC(C)C)S(=O)(=O)c2cc(C(N)O)c3c(cnn3CC3CCOCC3)c2)cc1. The highest BCUT2D eigenvalue weighted by molar-refractivity contribution is 7.92. The van der Waals surface area contributed by atoms with E-state index in [1.54, 1.807) is 12.3 Å². The van der Waals surface area contributed by atoms with Crippen molar-refractivity contribution in [3.63, 3.8) is 0 Å². The summed E-state index contributed by atoms with van der Waals surface area (Å²) in [7, 11) is -3.92. The highest BCUT2D eigenvalue weighted by Gasteiger charge is 2.28. The topological polar surface area (TPSA) is 111 Å². The van der Waals surface area contributed by atoms with E-state index >= 15 is 0 Å². The van der Waals surface area contributed by atoms with Crippen LogP contribution >= 0.6 is 0 Å². The summed E-state index contributed by atoms with van der Waals surface area (Å²) in [6.07, 6.45) is 3.08. The summed E-state index contributed by atoms with van der Waals surface area (Å²) in [6, 6.07) is 10.7. The van der Waals surface area contributed by atoms with Gasteiger partial charge in [0.2, 0.25) is 0 Å².